The monoisotopic (exact) mass is 753 g/mol. The lowest BCUT2D eigenvalue weighted by Gasteiger charge is -2.50. The van der Waals surface area contributed by atoms with Gasteiger partial charge in [-0.15, -0.1) is 15.6 Å². The van der Waals surface area contributed by atoms with Crippen LogP contribution in [0.2, 0.25) is 0 Å². The number of aryl methyl sites for hydroxylation is 1. The van der Waals surface area contributed by atoms with Gasteiger partial charge in [0.15, 0.2) is 22.9 Å². The number of aliphatic hydroxyl groups excluding tert-OH is 1. The molecule has 1 saturated heterocycles. The number of nitrogens with one attached hydrogen (secondary N) is 3. The number of hydroxylamine groups is 2. The number of benzene rings is 1. The topological polar surface area (TPSA) is 303 Å². The third-order valence-corrected chi connectivity index (χ3v) is 9.74. The van der Waals surface area contributed by atoms with E-state index in [0.717, 1.165) is 22.5 Å². The van der Waals surface area contributed by atoms with Crippen molar-refractivity contribution in [2.45, 2.75) is 68.9 Å². The number of amides is 2. The van der Waals surface area contributed by atoms with Gasteiger partial charge in [0, 0.05) is 30.9 Å². The number of carbonyl (C=O) groups is 3. The zero-order valence-electron chi connectivity index (χ0n) is 27.7. The lowest BCUT2D eigenvalue weighted by Crippen LogP contribution is -2.76. The molecule has 0 aliphatic carbocycles. The summed E-state index contributed by atoms with van der Waals surface area (Å²) in [6.45, 7) is 5.50. The van der Waals surface area contributed by atoms with Crippen LogP contribution in [0.15, 0.2) is 33.7 Å². The van der Waals surface area contributed by atoms with Gasteiger partial charge in [-0.3, -0.25) is 19.1 Å². The van der Waals surface area contributed by atoms with E-state index in [2.05, 4.69) is 35.4 Å². The summed E-state index contributed by atoms with van der Waals surface area (Å²) in [4.78, 5) is 52.9. The molecule has 5 atom stereocenters. The number of oxime groups is 1. The van der Waals surface area contributed by atoms with E-state index in [-0.39, 0.29) is 36.3 Å². The summed E-state index contributed by atoms with van der Waals surface area (Å²) in [6, 6.07) is 4.27. The number of guanidine groups is 1. The molecule has 0 radical (unpaired) electrons. The van der Waals surface area contributed by atoms with Gasteiger partial charge in [-0.1, -0.05) is 17.3 Å². The molecule has 1 aromatic heterocycles. The van der Waals surface area contributed by atoms with Crippen LogP contribution >= 0.6 is 11.3 Å². The summed E-state index contributed by atoms with van der Waals surface area (Å²) in [5.41, 5.74) is 8.91. The number of nitrogens with zero attached hydrogens (tertiary/aromatic N) is 4. The minimum absolute atomic E-state index is 0.0566. The molecule has 0 bridgehead atoms. The number of hydrogen-bond donors (Lipinski definition) is 8. The maximum Gasteiger partial charge on any atom is 0.418 e. The highest BCUT2D eigenvalue weighted by atomic mass is 32.3. The second kappa shape index (κ2) is 14.6. The number of β-lactam (4-membered cyclic amide) rings is 1. The van der Waals surface area contributed by atoms with Crippen LogP contribution in [0.3, 0.4) is 0 Å². The number of carbonyl (C=O) groups excluding carboxylic acids is 2. The van der Waals surface area contributed by atoms with Crippen molar-refractivity contribution >= 4 is 56.3 Å². The van der Waals surface area contributed by atoms with Crippen LogP contribution in [-0.4, -0.2) is 118 Å². The second-order valence-electron chi connectivity index (χ2n) is 12.8. The first-order valence-corrected chi connectivity index (χ1v) is 17.9. The number of fused-ring (bicyclic) bond motifs is 1. The number of carboxylic acid groups (broad SMARTS) is 1. The average molecular weight is 754 g/mol. The van der Waals surface area contributed by atoms with E-state index < -0.39 is 63.3 Å². The minimum Gasteiger partial charge on any atom is -0.485 e. The van der Waals surface area contributed by atoms with E-state index in [9.17, 15) is 33.0 Å². The van der Waals surface area contributed by atoms with Crippen LogP contribution in [0.25, 0.3) is 0 Å². The average Bonchev–Trinajstić information content (AvgIpc) is 3.52. The largest absolute Gasteiger partial charge is 0.485 e. The van der Waals surface area contributed by atoms with E-state index in [4.69, 9.17) is 25.6 Å². The van der Waals surface area contributed by atoms with Gasteiger partial charge in [-0.05, 0) is 50.8 Å². The van der Waals surface area contributed by atoms with E-state index in [0.29, 0.717) is 36.3 Å². The predicted octanol–water partition coefficient (Wildman–Crippen LogP) is -1.52. The van der Waals surface area contributed by atoms with Crippen molar-refractivity contribution in [1.82, 2.24) is 26.0 Å². The normalized spacial score (nSPS) is 23.3. The van der Waals surface area contributed by atoms with E-state index >= 15 is 0 Å². The maximum absolute atomic E-state index is 13.5. The Morgan fingerprint density at radius 2 is 2.10 bits per heavy atom. The molecular weight excluding hydrogens is 715 g/mol. The fraction of sp³-hybridized carbons (Fsp3) is 0.517. The molecule has 20 nitrogen and oxygen atoms in total. The van der Waals surface area contributed by atoms with Crippen LogP contribution in [0, 0.1) is 0 Å². The first-order chi connectivity index (χ1) is 23.9. The fourth-order valence-corrected chi connectivity index (χ4v) is 6.63. The highest BCUT2D eigenvalue weighted by molar-refractivity contribution is 7.80. The number of hydrogen-bond acceptors (Lipinski definition) is 17. The molecule has 3 aliphatic rings. The summed E-state index contributed by atoms with van der Waals surface area (Å²) in [5, 5.41) is 34.3. The van der Waals surface area contributed by atoms with Gasteiger partial charge in [0.05, 0.1) is 18.2 Å². The van der Waals surface area contributed by atoms with Crippen LogP contribution in [0.5, 0.6) is 5.75 Å². The number of thiazole rings is 1. The second-order valence-corrected chi connectivity index (χ2v) is 14.7. The Kier molecular flexibility index (Phi) is 10.7. The molecule has 1 aromatic carbocycles. The van der Waals surface area contributed by atoms with E-state index in [1.807, 2.05) is 12.1 Å². The molecule has 0 saturated carbocycles. The summed E-state index contributed by atoms with van der Waals surface area (Å²) in [6.07, 6.45) is -1.08. The molecule has 3 unspecified atom stereocenters. The lowest BCUT2D eigenvalue weighted by molar-refractivity contribution is -0.218. The number of aliphatic hydroxyl groups is 1. The molecule has 22 heteroatoms. The van der Waals surface area contributed by atoms with Crippen molar-refractivity contribution in [3.63, 3.8) is 0 Å². The summed E-state index contributed by atoms with van der Waals surface area (Å²) in [7, 11) is -5.03. The van der Waals surface area contributed by atoms with E-state index in [1.54, 1.807) is 6.07 Å². The van der Waals surface area contributed by atoms with Gasteiger partial charge in [-0.2, -0.15) is 13.5 Å². The van der Waals surface area contributed by atoms with Crippen molar-refractivity contribution in [1.29, 1.82) is 0 Å². The molecule has 2 aromatic rings. The minimum atomic E-state index is -5.03. The van der Waals surface area contributed by atoms with Gasteiger partial charge >= 0.3 is 16.4 Å². The third kappa shape index (κ3) is 8.15. The third-order valence-electron chi connectivity index (χ3n) is 8.73. The Labute approximate surface area is 296 Å². The highest BCUT2D eigenvalue weighted by Gasteiger charge is 2.58. The molecule has 5 rings (SSSR count). The Hall–Kier alpha value is -4.61. The molecule has 0 spiro atoms. The van der Waals surface area contributed by atoms with Crippen molar-refractivity contribution < 1.29 is 51.4 Å². The first-order valence-electron chi connectivity index (χ1n) is 15.7. The van der Waals surface area contributed by atoms with Crippen LogP contribution < -0.4 is 32.2 Å². The molecule has 51 heavy (non-hydrogen) atoms. The first kappa shape index (κ1) is 37.6. The van der Waals surface area contributed by atoms with Crippen molar-refractivity contribution in [2.75, 3.05) is 31.9 Å². The Morgan fingerprint density at radius 3 is 2.69 bits per heavy atom. The Balaban J connectivity index is 1.30. The highest BCUT2D eigenvalue weighted by Crippen LogP contribution is 2.36. The van der Waals surface area contributed by atoms with Crippen LogP contribution in [0.1, 0.15) is 49.9 Å². The number of aliphatic imine (C=N–C) groups is 1. The van der Waals surface area contributed by atoms with Gasteiger partial charge in [-0.25, -0.2) is 9.78 Å². The number of anilines is 1. The lowest BCUT2D eigenvalue weighted by atomic mass is 9.84. The van der Waals surface area contributed by atoms with Gasteiger partial charge < -0.3 is 47.2 Å². The fourth-order valence-electron chi connectivity index (χ4n) is 5.63. The summed E-state index contributed by atoms with van der Waals surface area (Å²) >= 11 is 0.963. The zero-order chi connectivity index (χ0) is 37.3. The summed E-state index contributed by atoms with van der Waals surface area (Å²) < 4.78 is 41.8. The van der Waals surface area contributed by atoms with Gasteiger partial charge in [0.1, 0.15) is 17.5 Å². The molecule has 4 heterocycles. The number of nitrogens with two attached hydrogens (primary N) is 2. The van der Waals surface area contributed by atoms with Crippen molar-refractivity contribution in [2.24, 2.45) is 15.9 Å². The van der Waals surface area contributed by atoms with Crippen LogP contribution in [0.4, 0.5) is 5.13 Å². The number of rotatable bonds is 13. The number of aromatic nitrogens is 1. The van der Waals surface area contributed by atoms with Crippen LogP contribution in [-0.2, 0) is 40.3 Å². The quantitative estimate of drug-likeness (QED) is 0.0498. The predicted molar refractivity (Wildman–Crippen MR) is 181 cm³/mol. The number of nitrogen functional groups attached to an aromatic ring is 1. The molecule has 1 fully saturated rings. The molecule has 278 valence electrons. The smallest absolute Gasteiger partial charge is 0.418 e. The maximum atomic E-state index is 13.5. The molecular formula is C29H39N9O11S2. The molecule has 2 amide bonds. The molecule has 3 aliphatic heterocycles. The summed E-state index contributed by atoms with van der Waals surface area (Å²) in [5.74, 6) is -2.36. The van der Waals surface area contributed by atoms with E-state index in [1.165, 1.54) is 26.2 Å². The number of ether oxygens (including phenoxy) is 1. The SMILES string of the molecule is CC(O/N=C(\C(=O)NC1C(=O)N(OS(=O)(=O)O)C1(C)C)c1csc(N)n1)(C(=O)O)[C@H]1CCc2cc(C3CN=C(NC[C@H](O)CN)NC3)ccc2O1. The Morgan fingerprint density at radius 1 is 1.35 bits per heavy atom. The Bertz CT molecular complexity index is 1850. The number of carboxylic acids is 1. The number of aliphatic carboxylic acids is 1. The van der Waals surface area contributed by atoms with Crippen molar-refractivity contribution in [3.8, 4) is 5.75 Å². The van der Waals surface area contributed by atoms with Gasteiger partial charge in [0.2, 0.25) is 0 Å². The standard InChI is InChI=1S/C29H39N9O11S2/c1-28(2)22(24(41)38(28)49-51(44,45)46)36-23(40)21(18-13-50-26(31)35-18)37-48-29(3,25(42)43)20-7-5-15-8-14(4-6-19(15)47-20)16-10-32-27(33-11-16)34-12-17(39)9-30/h4,6,8,13,16-17,20,22,39H,5,7,9-12,30H2,1-3H3,(H2,31,35)(H,36,40)(H,42,43)(H2,32,33,34)(H,44,45,46)/b37-21-/t17-,20-,22?,29?/m1/s1. The molecule has 10 N–H and O–H groups in total. The van der Waals surface area contributed by atoms with Crippen molar-refractivity contribution in [3.05, 3.63) is 40.4 Å². The zero-order valence-corrected chi connectivity index (χ0v) is 29.4. The van der Waals surface area contributed by atoms with Gasteiger partial charge in [0.25, 0.3) is 17.4 Å².